The number of anilines is 1. The van der Waals surface area contributed by atoms with Crippen LogP contribution in [0.3, 0.4) is 0 Å². The van der Waals surface area contributed by atoms with Crippen molar-refractivity contribution in [3.63, 3.8) is 0 Å². The highest BCUT2D eigenvalue weighted by Crippen LogP contribution is 2.48. The molecule has 1 fully saturated rings. The van der Waals surface area contributed by atoms with Crippen LogP contribution < -0.4 is 4.90 Å². The lowest BCUT2D eigenvalue weighted by atomic mass is 9.74. The highest BCUT2D eigenvalue weighted by Gasteiger charge is 2.53. The SMILES string of the molecule is O=C(O)CN1C(=O)C2(CCN(S(=O)(=O)c3ccccc3C(F)(F)F)CC2)c2ccccc21. The van der Waals surface area contributed by atoms with Gasteiger partial charge in [-0.3, -0.25) is 9.59 Å². The Kier molecular flexibility index (Phi) is 5.29. The van der Waals surface area contributed by atoms with E-state index in [2.05, 4.69) is 0 Å². The number of para-hydroxylation sites is 1. The van der Waals surface area contributed by atoms with Gasteiger partial charge in [-0.15, -0.1) is 0 Å². The molecule has 1 saturated heterocycles. The minimum atomic E-state index is -4.83. The molecule has 0 saturated carbocycles. The molecule has 2 aromatic carbocycles. The second-order valence-electron chi connectivity index (χ2n) is 7.78. The van der Waals surface area contributed by atoms with Crippen molar-refractivity contribution in [1.82, 2.24) is 4.31 Å². The molecule has 2 aliphatic heterocycles. The second-order valence-corrected chi connectivity index (χ2v) is 9.69. The summed E-state index contributed by atoms with van der Waals surface area (Å²) in [7, 11) is -4.46. The molecule has 4 rings (SSSR count). The van der Waals surface area contributed by atoms with Gasteiger partial charge in [0.25, 0.3) is 0 Å². The fraction of sp³-hybridized carbons (Fsp3) is 0.333. The van der Waals surface area contributed by atoms with Crippen molar-refractivity contribution >= 4 is 27.6 Å². The molecule has 1 amide bonds. The molecule has 2 aliphatic rings. The molecule has 0 atom stereocenters. The van der Waals surface area contributed by atoms with Gasteiger partial charge in [-0.05, 0) is 36.6 Å². The predicted molar refractivity (Wildman–Crippen MR) is 108 cm³/mol. The monoisotopic (exact) mass is 468 g/mol. The number of aliphatic carboxylic acids is 1. The largest absolute Gasteiger partial charge is 0.480 e. The van der Waals surface area contributed by atoms with Gasteiger partial charge < -0.3 is 10.0 Å². The summed E-state index contributed by atoms with van der Waals surface area (Å²) < 4.78 is 67.2. The van der Waals surface area contributed by atoms with Crippen molar-refractivity contribution in [2.75, 3.05) is 24.5 Å². The molecule has 11 heteroatoms. The van der Waals surface area contributed by atoms with Crippen LogP contribution in [0.25, 0.3) is 0 Å². The molecule has 0 bridgehead atoms. The van der Waals surface area contributed by atoms with Crippen molar-refractivity contribution < 1.29 is 36.3 Å². The molecule has 32 heavy (non-hydrogen) atoms. The number of hydrogen-bond acceptors (Lipinski definition) is 4. The summed E-state index contributed by atoms with van der Waals surface area (Å²) in [5.41, 5.74) is -1.28. The van der Waals surface area contributed by atoms with E-state index in [0.717, 1.165) is 22.5 Å². The van der Waals surface area contributed by atoms with Gasteiger partial charge in [0.05, 0.1) is 15.9 Å². The molecule has 2 aromatic rings. The lowest BCUT2D eigenvalue weighted by Crippen LogP contribution is -2.50. The lowest BCUT2D eigenvalue weighted by molar-refractivity contribution is -0.140. The highest BCUT2D eigenvalue weighted by atomic mass is 32.2. The lowest BCUT2D eigenvalue weighted by Gasteiger charge is -2.38. The van der Waals surface area contributed by atoms with Gasteiger partial charge in [-0.25, -0.2) is 8.42 Å². The Hall–Kier alpha value is -2.92. The normalized spacial score (nSPS) is 18.7. The van der Waals surface area contributed by atoms with Crippen LogP contribution in [0.2, 0.25) is 0 Å². The van der Waals surface area contributed by atoms with E-state index in [0.29, 0.717) is 11.3 Å². The zero-order valence-corrected chi connectivity index (χ0v) is 17.5. The summed E-state index contributed by atoms with van der Waals surface area (Å²) in [4.78, 5) is 24.8. The quantitative estimate of drug-likeness (QED) is 0.745. The van der Waals surface area contributed by atoms with Crippen LogP contribution in [0.15, 0.2) is 53.4 Å². The molecular weight excluding hydrogens is 449 g/mol. The molecule has 2 heterocycles. The minimum Gasteiger partial charge on any atom is -0.480 e. The van der Waals surface area contributed by atoms with E-state index in [1.165, 1.54) is 11.0 Å². The van der Waals surface area contributed by atoms with Gasteiger partial charge in [0.1, 0.15) is 6.54 Å². The molecular formula is C21H19F3N2O5S. The average Bonchev–Trinajstić information content (AvgIpc) is 2.96. The number of amides is 1. The number of fused-ring (bicyclic) bond motifs is 2. The van der Waals surface area contributed by atoms with Gasteiger partial charge in [0.15, 0.2) is 0 Å². The van der Waals surface area contributed by atoms with Gasteiger partial charge in [-0.1, -0.05) is 30.3 Å². The first-order valence-corrected chi connectivity index (χ1v) is 11.2. The highest BCUT2D eigenvalue weighted by molar-refractivity contribution is 7.89. The number of carboxylic acid groups (broad SMARTS) is 1. The summed E-state index contributed by atoms with van der Waals surface area (Å²) in [5, 5.41) is 9.20. The Morgan fingerprint density at radius 2 is 1.62 bits per heavy atom. The van der Waals surface area contributed by atoms with E-state index in [1.54, 1.807) is 24.3 Å². The first-order valence-electron chi connectivity index (χ1n) is 9.78. The summed E-state index contributed by atoms with van der Waals surface area (Å²) in [6.07, 6.45) is -4.77. The summed E-state index contributed by atoms with van der Waals surface area (Å²) in [6.45, 7) is -0.871. The number of alkyl halides is 3. The third-order valence-electron chi connectivity index (χ3n) is 6.04. The Labute approximate surface area is 182 Å². The number of carboxylic acids is 1. The molecule has 7 nitrogen and oxygen atoms in total. The van der Waals surface area contributed by atoms with Crippen LogP contribution in [0.1, 0.15) is 24.0 Å². The molecule has 170 valence electrons. The molecule has 1 N–H and O–H groups in total. The second kappa shape index (κ2) is 7.59. The van der Waals surface area contributed by atoms with Crippen LogP contribution in [-0.4, -0.2) is 49.3 Å². The van der Waals surface area contributed by atoms with Gasteiger partial charge in [0, 0.05) is 18.8 Å². The van der Waals surface area contributed by atoms with Gasteiger partial charge in [0.2, 0.25) is 15.9 Å². The van der Waals surface area contributed by atoms with Gasteiger partial charge in [-0.2, -0.15) is 17.5 Å². The Morgan fingerprint density at radius 3 is 2.25 bits per heavy atom. The first kappa shape index (κ1) is 22.3. The Balaban J connectivity index is 1.65. The maximum absolute atomic E-state index is 13.4. The number of carbonyl (C=O) groups excluding carboxylic acids is 1. The first-order chi connectivity index (χ1) is 15.0. The third-order valence-corrected chi connectivity index (χ3v) is 8.00. The zero-order valence-electron chi connectivity index (χ0n) is 16.7. The Bertz CT molecular complexity index is 1190. The van der Waals surface area contributed by atoms with E-state index in [4.69, 9.17) is 0 Å². The summed E-state index contributed by atoms with van der Waals surface area (Å²) in [6, 6.07) is 10.7. The smallest absolute Gasteiger partial charge is 0.417 e. The van der Waals surface area contributed by atoms with Crippen molar-refractivity contribution in [3.8, 4) is 0 Å². The van der Waals surface area contributed by atoms with Crippen LogP contribution in [0.4, 0.5) is 18.9 Å². The number of sulfonamides is 1. The standard InChI is InChI=1S/C21H19F3N2O5S/c22-21(23,24)15-6-2-4-8-17(15)32(30,31)25-11-9-20(10-12-25)14-5-1-3-7-16(14)26(19(20)29)13-18(27)28/h1-8H,9-13H2,(H,27,28). The van der Waals surface area contributed by atoms with Crippen LogP contribution in [0.5, 0.6) is 0 Å². The number of piperidine rings is 1. The predicted octanol–water partition coefficient (Wildman–Crippen LogP) is 2.86. The average molecular weight is 468 g/mol. The molecule has 0 aliphatic carbocycles. The van der Waals surface area contributed by atoms with Crippen molar-refractivity contribution in [2.24, 2.45) is 0 Å². The molecule has 0 radical (unpaired) electrons. The van der Waals surface area contributed by atoms with Crippen LogP contribution in [0, 0.1) is 0 Å². The maximum Gasteiger partial charge on any atom is 0.417 e. The number of benzene rings is 2. The van der Waals surface area contributed by atoms with Gasteiger partial charge >= 0.3 is 12.1 Å². The minimum absolute atomic E-state index is 0.0341. The summed E-state index contributed by atoms with van der Waals surface area (Å²) in [5.74, 6) is -1.62. The van der Waals surface area contributed by atoms with Crippen molar-refractivity contribution in [2.45, 2.75) is 29.3 Å². The zero-order chi connectivity index (χ0) is 23.3. The van der Waals surface area contributed by atoms with E-state index < -0.39 is 50.5 Å². The third kappa shape index (κ3) is 3.45. The molecule has 0 unspecified atom stereocenters. The number of hydrogen-bond donors (Lipinski definition) is 1. The number of rotatable bonds is 4. The van der Waals surface area contributed by atoms with Crippen molar-refractivity contribution in [1.29, 1.82) is 0 Å². The number of nitrogens with zero attached hydrogens (tertiary/aromatic N) is 2. The Morgan fingerprint density at radius 1 is 1.03 bits per heavy atom. The fourth-order valence-corrected chi connectivity index (χ4v) is 6.20. The van der Waals surface area contributed by atoms with E-state index in [-0.39, 0.29) is 25.9 Å². The van der Waals surface area contributed by atoms with E-state index in [1.807, 2.05) is 0 Å². The molecule has 0 aromatic heterocycles. The van der Waals surface area contributed by atoms with E-state index >= 15 is 0 Å². The van der Waals surface area contributed by atoms with Crippen LogP contribution in [-0.2, 0) is 31.2 Å². The number of halogens is 3. The summed E-state index contributed by atoms with van der Waals surface area (Å²) >= 11 is 0. The number of carbonyl (C=O) groups is 2. The van der Waals surface area contributed by atoms with E-state index in [9.17, 15) is 36.3 Å². The fourth-order valence-electron chi connectivity index (χ4n) is 4.55. The van der Waals surface area contributed by atoms with Crippen molar-refractivity contribution in [3.05, 3.63) is 59.7 Å². The molecule has 1 spiro atoms. The maximum atomic E-state index is 13.4. The van der Waals surface area contributed by atoms with Crippen LogP contribution >= 0.6 is 0 Å². The topological polar surface area (TPSA) is 95.0 Å².